The highest BCUT2D eigenvalue weighted by molar-refractivity contribution is 7.93. The van der Waals surface area contributed by atoms with Crippen molar-refractivity contribution in [1.82, 2.24) is 4.90 Å². The zero-order chi connectivity index (χ0) is 24.8. The molecule has 1 fully saturated rings. The summed E-state index contributed by atoms with van der Waals surface area (Å²) < 4.78 is 34.2. The van der Waals surface area contributed by atoms with Crippen LogP contribution in [0.5, 0.6) is 5.75 Å². The summed E-state index contributed by atoms with van der Waals surface area (Å²) in [4.78, 5) is 15.2. The molecule has 0 atom stereocenters. The zero-order valence-electron chi connectivity index (χ0n) is 20.3. The van der Waals surface area contributed by atoms with Crippen molar-refractivity contribution in [1.29, 1.82) is 0 Å². The number of ether oxygens (including phenoxy) is 1. The third-order valence-corrected chi connectivity index (χ3v) is 8.34. The van der Waals surface area contributed by atoms with Crippen LogP contribution >= 0.6 is 0 Å². The summed E-state index contributed by atoms with van der Waals surface area (Å²) in [6.07, 6.45) is 2.81. The molecule has 0 unspecified atom stereocenters. The second-order valence-electron chi connectivity index (χ2n) is 9.02. The average molecular weight is 493 g/mol. The van der Waals surface area contributed by atoms with E-state index in [-0.39, 0.29) is 23.1 Å². The van der Waals surface area contributed by atoms with Crippen LogP contribution in [0.2, 0.25) is 0 Å². The number of hydrogen-bond donors (Lipinski definition) is 0. The Hall–Kier alpha value is -3.32. The Bertz CT molecular complexity index is 1240. The van der Waals surface area contributed by atoms with Crippen LogP contribution < -0.4 is 9.04 Å². The molecule has 0 N–H and O–H groups in total. The van der Waals surface area contributed by atoms with Gasteiger partial charge < -0.3 is 9.64 Å². The summed E-state index contributed by atoms with van der Waals surface area (Å²) in [6.45, 7) is 2.84. The quantitative estimate of drug-likeness (QED) is 0.458. The van der Waals surface area contributed by atoms with Crippen molar-refractivity contribution in [2.45, 2.75) is 31.1 Å². The first-order valence-corrected chi connectivity index (χ1v) is 13.4. The summed E-state index contributed by atoms with van der Waals surface area (Å²) in [5.74, 6) is 0.583. The maximum atomic E-state index is 13.8. The molecule has 1 heterocycles. The summed E-state index contributed by atoms with van der Waals surface area (Å²) >= 11 is 0. The van der Waals surface area contributed by atoms with Crippen LogP contribution in [0.15, 0.2) is 83.8 Å². The number of nitrogens with zero attached hydrogens (tertiary/aromatic N) is 2. The van der Waals surface area contributed by atoms with Gasteiger partial charge in [0.1, 0.15) is 17.2 Å². The van der Waals surface area contributed by atoms with E-state index < -0.39 is 10.0 Å². The topological polar surface area (TPSA) is 66.9 Å². The van der Waals surface area contributed by atoms with Gasteiger partial charge in [-0.05, 0) is 67.5 Å². The molecule has 1 saturated heterocycles. The molecule has 1 aliphatic rings. The number of likely N-dealkylation sites (tertiary alicyclic amines) is 1. The fraction of sp³-hybridized carbons (Fsp3) is 0.321. The van der Waals surface area contributed by atoms with Gasteiger partial charge in [0.2, 0.25) is 5.91 Å². The first-order valence-electron chi connectivity index (χ1n) is 11.9. The van der Waals surface area contributed by atoms with Gasteiger partial charge in [-0.1, -0.05) is 54.6 Å². The lowest BCUT2D eigenvalue weighted by atomic mass is 9.90. The Kier molecular flexibility index (Phi) is 7.76. The molecule has 0 spiro atoms. The largest absolute Gasteiger partial charge is 0.495 e. The number of amides is 1. The molecule has 1 aliphatic heterocycles. The molecular formula is C28H32N2O4S. The monoisotopic (exact) mass is 492 g/mol. The molecule has 0 aliphatic carbocycles. The van der Waals surface area contributed by atoms with Gasteiger partial charge in [-0.15, -0.1) is 0 Å². The van der Waals surface area contributed by atoms with Crippen LogP contribution in [0.25, 0.3) is 0 Å². The standard InChI is InChI=1S/C28H32N2O4S/c1-22-13-14-26(34-2)27(19-22)35(32,33)30(25-11-7-4-8-12-25)21-28(31)29-17-15-24(16-18-29)20-23-9-5-3-6-10-23/h3-14,19,24H,15-18,20-21H2,1-2H3. The van der Waals surface area contributed by atoms with E-state index in [1.165, 1.54) is 17.0 Å². The zero-order valence-corrected chi connectivity index (χ0v) is 21.1. The highest BCUT2D eigenvalue weighted by Gasteiger charge is 2.32. The minimum Gasteiger partial charge on any atom is -0.495 e. The number of hydrogen-bond acceptors (Lipinski definition) is 4. The Morgan fingerprint density at radius 1 is 0.971 bits per heavy atom. The van der Waals surface area contributed by atoms with E-state index >= 15 is 0 Å². The van der Waals surface area contributed by atoms with Crippen LogP contribution in [-0.2, 0) is 21.2 Å². The first-order chi connectivity index (χ1) is 16.9. The minimum atomic E-state index is -4.04. The van der Waals surface area contributed by atoms with Crippen LogP contribution in [0, 0.1) is 12.8 Å². The number of benzene rings is 3. The number of piperidine rings is 1. The Balaban J connectivity index is 1.52. The number of carbonyl (C=O) groups is 1. The van der Waals surface area contributed by atoms with Gasteiger partial charge in [0.05, 0.1) is 12.8 Å². The molecule has 0 radical (unpaired) electrons. The molecule has 6 nitrogen and oxygen atoms in total. The molecule has 1 amide bonds. The molecule has 0 aromatic heterocycles. The lowest BCUT2D eigenvalue weighted by Gasteiger charge is -2.34. The van der Waals surface area contributed by atoms with Crippen molar-refractivity contribution in [3.63, 3.8) is 0 Å². The lowest BCUT2D eigenvalue weighted by Crippen LogP contribution is -2.46. The second kappa shape index (κ2) is 11.0. The first kappa shape index (κ1) is 24.8. The second-order valence-corrected chi connectivity index (χ2v) is 10.8. The normalized spacial score (nSPS) is 14.5. The van der Waals surface area contributed by atoms with E-state index in [0.29, 0.717) is 24.7 Å². The van der Waals surface area contributed by atoms with Crippen molar-refractivity contribution in [2.24, 2.45) is 5.92 Å². The lowest BCUT2D eigenvalue weighted by molar-refractivity contribution is -0.130. The van der Waals surface area contributed by atoms with E-state index in [4.69, 9.17) is 4.74 Å². The number of anilines is 1. The molecule has 0 saturated carbocycles. The summed E-state index contributed by atoms with van der Waals surface area (Å²) in [7, 11) is -2.60. The summed E-state index contributed by atoms with van der Waals surface area (Å²) in [5.41, 5.74) is 2.55. The van der Waals surface area contributed by atoms with Crippen molar-refractivity contribution in [2.75, 3.05) is 31.0 Å². The number of rotatable bonds is 8. The maximum absolute atomic E-state index is 13.8. The highest BCUT2D eigenvalue weighted by Crippen LogP contribution is 2.31. The number of sulfonamides is 1. The predicted octanol–water partition coefficient (Wildman–Crippen LogP) is 4.68. The number of aryl methyl sites for hydroxylation is 1. The molecule has 0 bridgehead atoms. The predicted molar refractivity (Wildman–Crippen MR) is 138 cm³/mol. The Morgan fingerprint density at radius 3 is 2.23 bits per heavy atom. The molecule has 184 valence electrons. The molecular weight excluding hydrogens is 460 g/mol. The average Bonchev–Trinajstić information content (AvgIpc) is 2.88. The smallest absolute Gasteiger partial charge is 0.268 e. The van der Waals surface area contributed by atoms with Crippen LogP contribution in [0.3, 0.4) is 0 Å². The van der Waals surface area contributed by atoms with Crippen molar-refractivity contribution in [3.05, 3.63) is 90.0 Å². The fourth-order valence-corrected chi connectivity index (χ4v) is 6.23. The van der Waals surface area contributed by atoms with Gasteiger partial charge in [0.25, 0.3) is 10.0 Å². The molecule has 4 rings (SSSR count). The third kappa shape index (κ3) is 5.85. The molecule has 3 aromatic carbocycles. The third-order valence-electron chi connectivity index (χ3n) is 6.54. The Morgan fingerprint density at radius 2 is 1.60 bits per heavy atom. The highest BCUT2D eigenvalue weighted by atomic mass is 32.2. The molecule has 3 aromatic rings. The fourth-order valence-electron chi connectivity index (χ4n) is 4.57. The SMILES string of the molecule is COc1ccc(C)cc1S(=O)(=O)N(CC(=O)N1CCC(Cc2ccccc2)CC1)c1ccccc1. The van der Waals surface area contributed by atoms with Crippen molar-refractivity contribution in [3.8, 4) is 5.75 Å². The number of para-hydroxylation sites is 1. The van der Waals surface area contributed by atoms with Gasteiger partial charge in [0.15, 0.2) is 0 Å². The van der Waals surface area contributed by atoms with Crippen molar-refractivity contribution < 1.29 is 17.9 Å². The van der Waals surface area contributed by atoms with Gasteiger partial charge >= 0.3 is 0 Å². The Labute approximate surface area is 208 Å². The van der Waals surface area contributed by atoms with Crippen LogP contribution in [0.4, 0.5) is 5.69 Å². The van der Waals surface area contributed by atoms with Crippen LogP contribution in [0.1, 0.15) is 24.0 Å². The van der Waals surface area contributed by atoms with E-state index in [0.717, 1.165) is 24.8 Å². The van der Waals surface area contributed by atoms with E-state index in [2.05, 4.69) is 24.3 Å². The van der Waals surface area contributed by atoms with Gasteiger partial charge in [0, 0.05) is 13.1 Å². The van der Waals surface area contributed by atoms with E-state index in [9.17, 15) is 13.2 Å². The van der Waals surface area contributed by atoms with Crippen LogP contribution in [-0.4, -0.2) is 46.0 Å². The van der Waals surface area contributed by atoms with Crippen molar-refractivity contribution >= 4 is 21.6 Å². The number of carbonyl (C=O) groups excluding carboxylic acids is 1. The van der Waals surface area contributed by atoms with Gasteiger partial charge in [-0.25, -0.2) is 8.42 Å². The number of methoxy groups -OCH3 is 1. The minimum absolute atomic E-state index is 0.0539. The molecule has 35 heavy (non-hydrogen) atoms. The van der Waals surface area contributed by atoms with E-state index in [1.807, 2.05) is 19.1 Å². The van der Waals surface area contributed by atoms with E-state index in [1.54, 1.807) is 47.4 Å². The van der Waals surface area contributed by atoms with Gasteiger partial charge in [-0.2, -0.15) is 0 Å². The molecule has 7 heteroatoms. The summed E-state index contributed by atoms with van der Waals surface area (Å²) in [6, 6.07) is 24.2. The summed E-state index contributed by atoms with van der Waals surface area (Å²) in [5, 5.41) is 0. The van der Waals surface area contributed by atoms with Gasteiger partial charge in [-0.3, -0.25) is 9.10 Å². The maximum Gasteiger partial charge on any atom is 0.268 e.